The van der Waals surface area contributed by atoms with Crippen LogP contribution in [-0.2, 0) is 0 Å². The van der Waals surface area contributed by atoms with Gasteiger partial charge in [0.15, 0.2) is 11.5 Å². The van der Waals surface area contributed by atoms with Gasteiger partial charge in [0.05, 0.1) is 24.3 Å². The van der Waals surface area contributed by atoms with Crippen molar-refractivity contribution in [3.63, 3.8) is 0 Å². The van der Waals surface area contributed by atoms with E-state index in [1.807, 2.05) is 0 Å². The summed E-state index contributed by atoms with van der Waals surface area (Å²) in [6.45, 7) is 0. The van der Waals surface area contributed by atoms with E-state index in [0.717, 1.165) is 7.11 Å². The van der Waals surface area contributed by atoms with Crippen molar-refractivity contribution in [2.75, 3.05) is 14.2 Å². The number of hydrogen-bond donors (Lipinski definition) is 0. The van der Waals surface area contributed by atoms with E-state index in [0.29, 0.717) is 20.8 Å². The molecule has 2 rings (SSSR count). The molecule has 0 atom stereocenters. The zero-order valence-electron chi connectivity index (χ0n) is 12.0. The fourth-order valence-electron chi connectivity index (χ4n) is 1.49. The van der Waals surface area contributed by atoms with E-state index >= 15 is 0 Å². The van der Waals surface area contributed by atoms with E-state index in [-0.39, 0.29) is 7.43 Å². The van der Waals surface area contributed by atoms with Gasteiger partial charge in [0.25, 0.3) is 0 Å². The van der Waals surface area contributed by atoms with Crippen LogP contribution >= 0.6 is 34.8 Å². The van der Waals surface area contributed by atoms with Crippen molar-refractivity contribution in [3.05, 3.63) is 56.3 Å². The monoisotopic (exact) mass is 424 g/mol. The highest BCUT2D eigenvalue weighted by Crippen LogP contribution is 2.35. The number of ether oxygens (including phenoxy) is 2. The number of benzene rings is 2. The summed E-state index contributed by atoms with van der Waals surface area (Å²) in [5, 5.41) is 1.34. The fourth-order valence-corrected chi connectivity index (χ4v) is 2.46. The van der Waals surface area contributed by atoms with Crippen molar-refractivity contribution >= 4 is 34.8 Å². The van der Waals surface area contributed by atoms with Gasteiger partial charge in [-0.15, -0.1) is 0 Å². The average molecular weight is 426 g/mol. The number of halogens is 8. The topological polar surface area (TPSA) is 18.5 Å². The third kappa shape index (κ3) is 5.26. The van der Waals surface area contributed by atoms with Crippen LogP contribution in [0.1, 0.15) is 7.43 Å². The zero-order valence-corrected chi connectivity index (χ0v) is 14.3. The summed E-state index contributed by atoms with van der Waals surface area (Å²) in [5.74, 6) is -11.0. The normalized spacial score (nSPS) is 9.68. The Morgan fingerprint density at radius 2 is 0.960 bits per heavy atom. The summed E-state index contributed by atoms with van der Waals surface area (Å²) >= 11 is 17.1. The Kier molecular flexibility index (Phi) is 9.32. The maximum Gasteiger partial charge on any atom is 0.206 e. The molecule has 0 radical (unpaired) electrons. The lowest BCUT2D eigenvalue weighted by atomic mass is 10.3. The molecule has 0 aromatic heterocycles. The minimum Gasteiger partial charge on any atom is -0.494 e. The molecule has 0 saturated carbocycles. The van der Waals surface area contributed by atoms with Crippen LogP contribution in [-0.4, -0.2) is 14.2 Å². The number of rotatable bonds is 2. The molecule has 0 heterocycles. The minimum absolute atomic E-state index is 0. The predicted octanol–water partition coefficient (Wildman–Crippen LogP) is 6.68. The van der Waals surface area contributed by atoms with E-state index in [2.05, 4.69) is 4.74 Å². The largest absolute Gasteiger partial charge is 0.494 e. The molecule has 0 amide bonds. The third-order valence-electron chi connectivity index (χ3n) is 2.54. The molecule has 0 unspecified atom stereocenters. The molecule has 0 spiro atoms. The summed E-state index contributed by atoms with van der Waals surface area (Å²) in [5.41, 5.74) is 0. The van der Waals surface area contributed by atoms with Gasteiger partial charge in [0, 0.05) is 5.02 Å². The van der Waals surface area contributed by atoms with Crippen molar-refractivity contribution in [1.29, 1.82) is 0 Å². The highest BCUT2D eigenvalue weighted by Gasteiger charge is 2.26. The van der Waals surface area contributed by atoms with Crippen LogP contribution in [0.3, 0.4) is 0 Å². The van der Waals surface area contributed by atoms with Gasteiger partial charge < -0.3 is 9.47 Å². The van der Waals surface area contributed by atoms with Crippen LogP contribution in [0.5, 0.6) is 11.5 Å². The molecule has 0 aliphatic heterocycles. The Hall–Kier alpha value is -1.44. The molecule has 2 nitrogen and oxygen atoms in total. The van der Waals surface area contributed by atoms with Gasteiger partial charge >= 0.3 is 0 Å². The van der Waals surface area contributed by atoms with Crippen molar-refractivity contribution in [2.24, 2.45) is 0 Å². The summed E-state index contributed by atoms with van der Waals surface area (Å²) in [7, 11) is 2.30. The summed E-state index contributed by atoms with van der Waals surface area (Å²) < 4.78 is 71.1. The second-order valence-corrected chi connectivity index (χ2v) is 5.26. The molecular weight excluding hydrogens is 414 g/mol. The fraction of sp³-hybridized carbons (Fsp3) is 0.200. The van der Waals surface area contributed by atoms with E-state index in [1.165, 1.54) is 7.11 Å². The van der Waals surface area contributed by atoms with Gasteiger partial charge in [-0.05, 0) is 12.1 Å². The average Bonchev–Trinajstić information content (AvgIpc) is 2.52. The maximum atomic E-state index is 12.6. The number of hydrogen-bond acceptors (Lipinski definition) is 2. The van der Waals surface area contributed by atoms with Crippen molar-refractivity contribution in [3.8, 4) is 11.5 Å². The summed E-state index contributed by atoms with van der Waals surface area (Å²) in [4.78, 5) is 0. The molecule has 0 fully saturated rings. The van der Waals surface area contributed by atoms with Crippen molar-refractivity contribution < 1.29 is 31.4 Å². The highest BCUT2D eigenvalue weighted by atomic mass is 35.5. The van der Waals surface area contributed by atoms with Crippen LogP contribution in [0.4, 0.5) is 22.0 Å². The predicted molar refractivity (Wildman–Crippen MR) is 87.5 cm³/mol. The molecule has 0 aliphatic rings. The lowest BCUT2D eigenvalue weighted by molar-refractivity contribution is 0.310. The Balaban J connectivity index is 0.000000449. The van der Waals surface area contributed by atoms with Gasteiger partial charge in [-0.1, -0.05) is 42.2 Å². The lowest BCUT2D eigenvalue weighted by Gasteiger charge is -2.05. The van der Waals surface area contributed by atoms with E-state index in [1.54, 1.807) is 12.1 Å². The first-order valence-electron chi connectivity index (χ1n) is 5.89. The van der Waals surface area contributed by atoms with E-state index < -0.39 is 34.8 Å². The smallest absolute Gasteiger partial charge is 0.206 e. The number of methoxy groups -OCH3 is 2. The van der Waals surface area contributed by atoms with Crippen LogP contribution in [0.25, 0.3) is 0 Å². The van der Waals surface area contributed by atoms with E-state index in [9.17, 15) is 22.0 Å². The first kappa shape index (κ1) is 23.6. The van der Waals surface area contributed by atoms with Crippen molar-refractivity contribution in [1.82, 2.24) is 0 Å². The Morgan fingerprint density at radius 3 is 1.28 bits per heavy atom. The van der Waals surface area contributed by atoms with Crippen molar-refractivity contribution in [2.45, 2.75) is 7.43 Å². The first-order valence-corrected chi connectivity index (χ1v) is 7.03. The minimum atomic E-state index is -2.20. The molecule has 2 aromatic rings. The van der Waals surface area contributed by atoms with Crippen LogP contribution < -0.4 is 9.47 Å². The maximum absolute atomic E-state index is 12.6. The quantitative estimate of drug-likeness (QED) is 0.303. The Labute approximate surface area is 156 Å². The first-order chi connectivity index (χ1) is 11.1. The van der Waals surface area contributed by atoms with Crippen LogP contribution in [0, 0.1) is 29.1 Å². The molecule has 10 heteroatoms. The molecule has 25 heavy (non-hydrogen) atoms. The van der Waals surface area contributed by atoms with Gasteiger partial charge in [-0.3, -0.25) is 0 Å². The van der Waals surface area contributed by atoms with Gasteiger partial charge in [-0.25, -0.2) is 13.2 Å². The Bertz CT molecular complexity index is 704. The zero-order chi connectivity index (χ0) is 18.6. The summed E-state index contributed by atoms with van der Waals surface area (Å²) in [6.07, 6.45) is 0. The van der Waals surface area contributed by atoms with Gasteiger partial charge in [0.2, 0.25) is 29.1 Å². The molecule has 0 bridgehead atoms. The molecule has 0 saturated heterocycles. The SMILES string of the molecule is C.COc1c(Cl)cc(Cl)cc1Cl.COc1c(F)c(F)c(F)c(F)c1F. The van der Waals surface area contributed by atoms with Gasteiger partial charge in [0.1, 0.15) is 0 Å². The van der Waals surface area contributed by atoms with Crippen LogP contribution in [0.2, 0.25) is 15.1 Å². The van der Waals surface area contributed by atoms with Gasteiger partial charge in [-0.2, -0.15) is 8.78 Å². The van der Waals surface area contributed by atoms with Crippen LogP contribution in [0.15, 0.2) is 12.1 Å². The van der Waals surface area contributed by atoms with E-state index in [4.69, 9.17) is 39.5 Å². The second kappa shape index (κ2) is 9.89. The second-order valence-electron chi connectivity index (χ2n) is 4.01. The summed E-state index contributed by atoms with van der Waals surface area (Å²) in [6, 6.07) is 3.15. The molecular formula is C15H12Cl3F5O2. The standard InChI is InChI=1S/C7H5Cl3O.C7H3F5O.CH4/c1-11-7-5(9)2-4(8)3-6(7)10;1-13-7-5(11)3(9)2(8)4(10)6(7)12;/h2-3H,1H3;1H3;1H4. The molecule has 0 aliphatic carbocycles. The lowest BCUT2D eigenvalue weighted by Crippen LogP contribution is -2.04. The third-order valence-corrected chi connectivity index (χ3v) is 3.32. The highest BCUT2D eigenvalue weighted by molar-refractivity contribution is 6.40. The Morgan fingerprint density at radius 1 is 0.640 bits per heavy atom. The molecule has 0 N–H and O–H groups in total. The molecule has 140 valence electrons. The molecule has 2 aromatic carbocycles.